The molecule has 0 saturated carbocycles. The number of carbonyl (C=O) groups is 1. The summed E-state index contributed by atoms with van der Waals surface area (Å²) in [4.78, 5) is 13.8. The summed E-state index contributed by atoms with van der Waals surface area (Å²) < 4.78 is 10.6. The molecule has 2 rings (SSSR count). The fraction of sp³-hybridized carbons (Fsp3) is 0.533. The van der Waals surface area contributed by atoms with Gasteiger partial charge in [-0.3, -0.25) is 4.79 Å². The van der Waals surface area contributed by atoms with E-state index in [1.165, 1.54) is 0 Å². The number of ether oxygens (including phenoxy) is 2. The molecule has 1 atom stereocenters. The third-order valence-corrected chi connectivity index (χ3v) is 3.55. The van der Waals surface area contributed by atoms with Crippen LogP contribution in [0.3, 0.4) is 0 Å². The molecule has 0 spiro atoms. The van der Waals surface area contributed by atoms with E-state index in [9.17, 15) is 9.90 Å². The van der Waals surface area contributed by atoms with Crippen molar-refractivity contribution in [2.75, 3.05) is 26.9 Å². The Bertz CT molecular complexity index is 432. The van der Waals surface area contributed by atoms with E-state index in [1.54, 1.807) is 12.0 Å². The zero-order chi connectivity index (χ0) is 14.4. The van der Waals surface area contributed by atoms with Gasteiger partial charge in [-0.25, -0.2) is 0 Å². The molecule has 1 aromatic rings. The minimum Gasteiger partial charge on any atom is -0.497 e. The van der Waals surface area contributed by atoms with Gasteiger partial charge in [0.2, 0.25) is 5.91 Å². The molecule has 0 bridgehead atoms. The van der Waals surface area contributed by atoms with Gasteiger partial charge in [0.1, 0.15) is 11.5 Å². The summed E-state index contributed by atoms with van der Waals surface area (Å²) in [5, 5.41) is 9.20. The summed E-state index contributed by atoms with van der Waals surface area (Å²) in [6.45, 7) is 1.14. The van der Waals surface area contributed by atoms with E-state index in [1.807, 2.05) is 24.3 Å². The normalized spacial score (nSPS) is 18.1. The second kappa shape index (κ2) is 7.14. The van der Waals surface area contributed by atoms with Crippen LogP contribution in [-0.4, -0.2) is 48.8 Å². The molecule has 5 heteroatoms. The zero-order valence-electron chi connectivity index (χ0n) is 11.7. The lowest BCUT2D eigenvalue weighted by molar-refractivity contribution is -0.133. The molecule has 1 aliphatic heterocycles. The van der Waals surface area contributed by atoms with Gasteiger partial charge in [0.05, 0.1) is 32.8 Å². The first kappa shape index (κ1) is 14.7. The lowest BCUT2D eigenvalue weighted by Crippen LogP contribution is -2.38. The average Bonchev–Trinajstić information content (AvgIpc) is 2.96. The van der Waals surface area contributed by atoms with Crippen LogP contribution in [0.15, 0.2) is 24.3 Å². The number of amides is 1. The van der Waals surface area contributed by atoms with Crippen molar-refractivity contribution < 1.29 is 19.4 Å². The first-order valence-electron chi connectivity index (χ1n) is 6.91. The molecule has 0 aromatic heterocycles. The topological polar surface area (TPSA) is 59.0 Å². The molecule has 1 aromatic carbocycles. The van der Waals surface area contributed by atoms with E-state index in [0.29, 0.717) is 13.0 Å². The first-order chi connectivity index (χ1) is 9.74. The van der Waals surface area contributed by atoms with Crippen molar-refractivity contribution >= 4 is 5.91 Å². The minimum atomic E-state index is -0.0107. The minimum absolute atomic E-state index is 0.0107. The van der Waals surface area contributed by atoms with Gasteiger partial charge in [-0.2, -0.15) is 0 Å². The number of aliphatic hydroxyl groups is 1. The Balaban J connectivity index is 1.76. The molecule has 1 N–H and O–H groups in total. The van der Waals surface area contributed by atoms with Gasteiger partial charge in [0.15, 0.2) is 0 Å². The van der Waals surface area contributed by atoms with Crippen LogP contribution in [0.5, 0.6) is 11.5 Å². The van der Waals surface area contributed by atoms with E-state index in [0.717, 1.165) is 30.9 Å². The number of methoxy groups -OCH3 is 1. The highest BCUT2D eigenvalue weighted by atomic mass is 16.5. The van der Waals surface area contributed by atoms with Crippen LogP contribution in [0.4, 0.5) is 0 Å². The second-order valence-corrected chi connectivity index (χ2v) is 4.84. The molecule has 5 nitrogen and oxygen atoms in total. The molecule has 110 valence electrons. The van der Waals surface area contributed by atoms with Crippen molar-refractivity contribution in [2.24, 2.45) is 0 Å². The highest BCUT2D eigenvalue weighted by Gasteiger charge is 2.27. The Labute approximate surface area is 119 Å². The van der Waals surface area contributed by atoms with Crippen LogP contribution in [0.2, 0.25) is 0 Å². The van der Waals surface area contributed by atoms with Crippen LogP contribution in [0, 0.1) is 0 Å². The zero-order valence-corrected chi connectivity index (χ0v) is 11.7. The smallest absolute Gasteiger partial charge is 0.226 e. The summed E-state index contributed by atoms with van der Waals surface area (Å²) in [6, 6.07) is 7.26. The number of nitrogens with zero attached hydrogens (tertiary/aromatic N) is 1. The maximum absolute atomic E-state index is 12.0. The Hall–Kier alpha value is -1.75. The number of hydrogen-bond acceptors (Lipinski definition) is 4. The Morgan fingerprint density at radius 1 is 1.35 bits per heavy atom. The monoisotopic (exact) mass is 279 g/mol. The third kappa shape index (κ3) is 3.63. The molecule has 0 unspecified atom stereocenters. The molecule has 1 amide bonds. The van der Waals surface area contributed by atoms with E-state index in [4.69, 9.17) is 9.47 Å². The highest BCUT2D eigenvalue weighted by Crippen LogP contribution is 2.19. The van der Waals surface area contributed by atoms with Gasteiger partial charge in [0, 0.05) is 6.54 Å². The molecule has 1 saturated heterocycles. The number of benzene rings is 1. The molecule has 0 radical (unpaired) electrons. The number of rotatable bonds is 6. The van der Waals surface area contributed by atoms with Crippen LogP contribution < -0.4 is 9.47 Å². The SMILES string of the molecule is COc1ccc(OCCC(=O)N2CCC[C@H]2CO)cc1. The molecule has 1 aliphatic rings. The van der Waals surface area contributed by atoms with E-state index >= 15 is 0 Å². The second-order valence-electron chi connectivity index (χ2n) is 4.84. The van der Waals surface area contributed by atoms with Gasteiger partial charge >= 0.3 is 0 Å². The van der Waals surface area contributed by atoms with Gasteiger partial charge in [-0.1, -0.05) is 0 Å². The van der Waals surface area contributed by atoms with Gasteiger partial charge in [0.25, 0.3) is 0 Å². The third-order valence-electron chi connectivity index (χ3n) is 3.55. The fourth-order valence-electron chi connectivity index (χ4n) is 2.43. The molecule has 1 fully saturated rings. The summed E-state index contributed by atoms with van der Waals surface area (Å²) in [5.41, 5.74) is 0. The van der Waals surface area contributed by atoms with Crippen molar-refractivity contribution in [2.45, 2.75) is 25.3 Å². The van der Waals surface area contributed by atoms with Crippen LogP contribution in [-0.2, 0) is 4.79 Å². The maximum atomic E-state index is 12.0. The van der Waals surface area contributed by atoms with Crippen molar-refractivity contribution in [1.29, 1.82) is 0 Å². The predicted molar refractivity (Wildman–Crippen MR) is 74.9 cm³/mol. The largest absolute Gasteiger partial charge is 0.497 e. The van der Waals surface area contributed by atoms with E-state index in [2.05, 4.69) is 0 Å². The number of carbonyl (C=O) groups excluding carboxylic acids is 1. The van der Waals surface area contributed by atoms with Crippen molar-refractivity contribution in [3.05, 3.63) is 24.3 Å². The van der Waals surface area contributed by atoms with Crippen LogP contribution in [0.1, 0.15) is 19.3 Å². The summed E-state index contributed by atoms with van der Waals surface area (Å²) >= 11 is 0. The lowest BCUT2D eigenvalue weighted by atomic mass is 10.2. The van der Waals surface area contributed by atoms with Crippen LogP contribution >= 0.6 is 0 Å². The molecular formula is C15H21NO4. The van der Waals surface area contributed by atoms with Gasteiger partial charge in [-0.15, -0.1) is 0 Å². The quantitative estimate of drug-likeness (QED) is 0.856. The van der Waals surface area contributed by atoms with Crippen LogP contribution in [0.25, 0.3) is 0 Å². The average molecular weight is 279 g/mol. The fourth-order valence-corrected chi connectivity index (χ4v) is 2.43. The number of likely N-dealkylation sites (tertiary alicyclic amines) is 1. The summed E-state index contributed by atoms with van der Waals surface area (Å²) in [7, 11) is 1.61. The summed E-state index contributed by atoms with van der Waals surface area (Å²) in [5.74, 6) is 1.55. The first-order valence-corrected chi connectivity index (χ1v) is 6.91. The number of hydrogen-bond donors (Lipinski definition) is 1. The van der Waals surface area contributed by atoms with Gasteiger partial charge in [-0.05, 0) is 37.1 Å². The van der Waals surface area contributed by atoms with E-state index in [-0.39, 0.29) is 18.6 Å². The summed E-state index contributed by atoms with van der Waals surface area (Å²) in [6.07, 6.45) is 2.19. The Kier molecular flexibility index (Phi) is 5.24. The lowest BCUT2D eigenvalue weighted by Gasteiger charge is -2.23. The van der Waals surface area contributed by atoms with Crippen molar-refractivity contribution in [3.63, 3.8) is 0 Å². The molecule has 0 aliphatic carbocycles. The highest BCUT2D eigenvalue weighted by molar-refractivity contribution is 5.77. The Morgan fingerprint density at radius 3 is 2.70 bits per heavy atom. The standard InChI is InChI=1S/C15H21NO4/c1-19-13-4-6-14(7-5-13)20-10-8-15(18)16-9-2-3-12(16)11-17/h4-7,12,17H,2-3,8-11H2,1H3/t12-/m0/s1. The van der Waals surface area contributed by atoms with Crippen molar-refractivity contribution in [3.8, 4) is 11.5 Å². The van der Waals surface area contributed by atoms with E-state index < -0.39 is 0 Å². The molecular weight excluding hydrogens is 258 g/mol. The molecule has 20 heavy (non-hydrogen) atoms. The number of aliphatic hydroxyl groups excluding tert-OH is 1. The maximum Gasteiger partial charge on any atom is 0.226 e. The Morgan fingerprint density at radius 2 is 2.05 bits per heavy atom. The van der Waals surface area contributed by atoms with Gasteiger partial charge < -0.3 is 19.5 Å². The van der Waals surface area contributed by atoms with Crippen molar-refractivity contribution in [1.82, 2.24) is 4.90 Å². The predicted octanol–water partition coefficient (Wildman–Crippen LogP) is 1.45. The molecule has 1 heterocycles.